The molecule has 0 radical (unpaired) electrons. The van der Waals surface area contributed by atoms with Crippen LogP contribution in [0.4, 0.5) is 31.1 Å². The van der Waals surface area contributed by atoms with Crippen molar-refractivity contribution in [3.05, 3.63) is 88.0 Å². The Bertz CT molecular complexity index is 1600. The van der Waals surface area contributed by atoms with Gasteiger partial charge in [0.25, 0.3) is 0 Å². The molecule has 0 aliphatic carbocycles. The van der Waals surface area contributed by atoms with Gasteiger partial charge in [0, 0.05) is 25.7 Å². The summed E-state index contributed by atoms with van der Waals surface area (Å²) in [5, 5.41) is 0. The number of aromatic nitrogens is 2. The minimum Gasteiger partial charge on any atom is -0.444 e. The molecule has 2 heterocycles. The number of amides is 2. The van der Waals surface area contributed by atoms with Crippen LogP contribution in [-0.4, -0.2) is 51.9 Å². The molecule has 4 rings (SSSR count). The molecule has 0 unspecified atom stereocenters. The van der Waals surface area contributed by atoms with E-state index in [9.17, 15) is 35.9 Å². The summed E-state index contributed by atoms with van der Waals surface area (Å²) in [7, 11) is 0. The molecule has 0 bridgehead atoms. The number of rotatable bonds is 10. The van der Waals surface area contributed by atoms with Crippen molar-refractivity contribution < 1.29 is 45.4 Å². The third kappa shape index (κ3) is 10.6. The fourth-order valence-corrected chi connectivity index (χ4v) is 5.64. The second-order valence-electron chi connectivity index (χ2n) is 12.7. The maximum absolute atomic E-state index is 13.8. The van der Waals surface area contributed by atoms with Crippen LogP contribution in [-0.2, 0) is 47.8 Å². The first-order valence-corrected chi connectivity index (χ1v) is 15.5. The summed E-state index contributed by atoms with van der Waals surface area (Å²) in [6.07, 6.45) is -8.56. The van der Waals surface area contributed by atoms with Crippen molar-refractivity contribution >= 4 is 12.0 Å². The van der Waals surface area contributed by atoms with E-state index in [1.165, 1.54) is 12.1 Å². The Hall–Kier alpha value is -4.36. The normalized spacial score (nSPS) is 14.6. The molecule has 1 aliphatic rings. The number of alkyl halides is 6. The summed E-state index contributed by atoms with van der Waals surface area (Å²) in [6, 6.07) is 11.3. The summed E-state index contributed by atoms with van der Waals surface area (Å²) in [6.45, 7) is 6.04. The van der Waals surface area contributed by atoms with Crippen molar-refractivity contribution in [2.75, 3.05) is 13.1 Å². The van der Waals surface area contributed by atoms with Crippen LogP contribution in [0.5, 0.6) is 5.75 Å². The number of aryl methyl sites for hydroxylation is 4. The molecular formula is C34H38F6N4O4. The predicted molar refractivity (Wildman–Crippen MR) is 164 cm³/mol. The van der Waals surface area contributed by atoms with Gasteiger partial charge < -0.3 is 20.1 Å². The fourth-order valence-electron chi connectivity index (χ4n) is 5.64. The third-order valence-electron chi connectivity index (χ3n) is 7.89. The first kappa shape index (κ1) is 36.5. The molecule has 0 saturated carbocycles. The first-order chi connectivity index (χ1) is 22.4. The van der Waals surface area contributed by atoms with E-state index in [0.717, 1.165) is 0 Å². The van der Waals surface area contributed by atoms with E-state index in [0.29, 0.717) is 48.8 Å². The zero-order valence-electron chi connectivity index (χ0n) is 26.9. The highest BCUT2D eigenvalue weighted by molar-refractivity contribution is 5.77. The lowest BCUT2D eigenvalue weighted by Crippen LogP contribution is -2.41. The molecule has 48 heavy (non-hydrogen) atoms. The standard InChI is InChI=1S/C34H38F6N4O4/c1-32(2,3)48-31(46)44-16-14-22(15-17-44)25-9-8-23(28(18-25)47-34(38,39)40)11-13-30-42-20-26(33(35,36)37)27(43-30)12-10-21-6-4-5-7-24(21)19-29(41)45/h4-9,18,20,22H,10-17,19H2,1-3H3,(H2,41,45). The number of hydrogen-bond donors (Lipinski definition) is 1. The summed E-state index contributed by atoms with van der Waals surface area (Å²) in [5.41, 5.74) is 5.43. The third-order valence-corrected chi connectivity index (χ3v) is 7.89. The topological polar surface area (TPSA) is 108 Å². The van der Waals surface area contributed by atoms with Crippen molar-refractivity contribution in [3.8, 4) is 5.75 Å². The minimum atomic E-state index is -4.98. The number of carbonyl (C=O) groups is 2. The van der Waals surface area contributed by atoms with Gasteiger partial charge in [-0.15, -0.1) is 13.2 Å². The highest BCUT2D eigenvalue weighted by atomic mass is 19.4. The lowest BCUT2D eigenvalue weighted by atomic mass is 9.88. The molecule has 2 N–H and O–H groups in total. The largest absolute Gasteiger partial charge is 0.573 e. The molecule has 1 aliphatic heterocycles. The maximum Gasteiger partial charge on any atom is 0.573 e. The van der Waals surface area contributed by atoms with E-state index in [2.05, 4.69) is 14.7 Å². The maximum atomic E-state index is 13.8. The number of benzene rings is 2. The van der Waals surface area contributed by atoms with E-state index in [1.54, 1.807) is 56.0 Å². The summed E-state index contributed by atoms with van der Waals surface area (Å²) >= 11 is 0. The molecule has 14 heteroatoms. The van der Waals surface area contributed by atoms with Crippen molar-refractivity contribution in [2.45, 2.75) is 89.8 Å². The Balaban J connectivity index is 1.50. The number of hydrogen-bond acceptors (Lipinski definition) is 6. The molecule has 8 nitrogen and oxygen atoms in total. The predicted octanol–water partition coefficient (Wildman–Crippen LogP) is 7.11. The number of likely N-dealkylation sites (tertiary alicyclic amines) is 1. The van der Waals surface area contributed by atoms with E-state index in [4.69, 9.17) is 10.5 Å². The second kappa shape index (κ2) is 14.8. The highest BCUT2D eigenvalue weighted by Crippen LogP contribution is 2.36. The van der Waals surface area contributed by atoms with Gasteiger partial charge in [-0.25, -0.2) is 14.8 Å². The van der Waals surface area contributed by atoms with Crippen LogP contribution in [0.3, 0.4) is 0 Å². The van der Waals surface area contributed by atoms with Gasteiger partial charge in [-0.3, -0.25) is 4.79 Å². The van der Waals surface area contributed by atoms with Crippen LogP contribution in [0.15, 0.2) is 48.7 Å². The van der Waals surface area contributed by atoms with Crippen LogP contribution in [0.25, 0.3) is 0 Å². The van der Waals surface area contributed by atoms with Crippen LogP contribution >= 0.6 is 0 Å². The summed E-state index contributed by atoms with van der Waals surface area (Å²) in [5.74, 6) is -1.08. The summed E-state index contributed by atoms with van der Waals surface area (Å²) < 4.78 is 91.6. The Labute approximate surface area is 274 Å². The zero-order valence-corrected chi connectivity index (χ0v) is 26.9. The van der Waals surface area contributed by atoms with E-state index in [-0.39, 0.29) is 55.1 Å². The van der Waals surface area contributed by atoms with Crippen LogP contribution < -0.4 is 10.5 Å². The Morgan fingerprint density at radius 3 is 2.15 bits per heavy atom. The van der Waals surface area contributed by atoms with E-state index >= 15 is 0 Å². The second-order valence-corrected chi connectivity index (χ2v) is 12.7. The Morgan fingerprint density at radius 1 is 0.896 bits per heavy atom. The minimum absolute atomic E-state index is 0.0278. The van der Waals surface area contributed by atoms with Gasteiger partial charge in [0.15, 0.2) is 0 Å². The van der Waals surface area contributed by atoms with Gasteiger partial charge in [-0.05, 0) is 87.1 Å². The molecule has 1 fully saturated rings. The average Bonchev–Trinajstić information content (AvgIpc) is 2.97. The van der Waals surface area contributed by atoms with Gasteiger partial charge >= 0.3 is 18.6 Å². The van der Waals surface area contributed by atoms with Crippen LogP contribution in [0.1, 0.15) is 78.9 Å². The number of halogens is 6. The number of primary amides is 1. The number of nitrogens with zero attached hydrogens (tertiary/aromatic N) is 3. The molecule has 260 valence electrons. The quantitative estimate of drug-likeness (QED) is 0.229. The molecule has 1 aromatic heterocycles. The van der Waals surface area contributed by atoms with Gasteiger partial charge in [-0.1, -0.05) is 36.4 Å². The van der Waals surface area contributed by atoms with E-state index in [1.807, 2.05) is 0 Å². The van der Waals surface area contributed by atoms with Crippen LogP contribution in [0, 0.1) is 0 Å². The van der Waals surface area contributed by atoms with Gasteiger partial charge in [-0.2, -0.15) is 13.2 Å². The Morgan fingerprint density at radius 2 is 1.54 bits per heavy atom. The van der Waals surface area contributed by atoms with Crippen molar-refractivity contribution in [1.82, 2.24) is 14.9 Å². The first-order valence-electron chi connectivity index (χ1n) is 15.5. The monoisotopic (exact) mass is 680 g/mol. The van der Waals surface area contributed by atoms with Gasteiger partial charge in [0.05, 0.1) is 17.7 Å². The molecule has 0 spiro atoms. The number of piperidine rings is 1. The van der Waals surface area contributed by atoms with Gasteiger partial charge in [0.2, 0.25) is 5.91 Å². The van der Waals surface area contributed by atoms with Crippen molar-refractivity contribution in [3.63, 3.8) is 0 Å². The van der Waals surface area contributed by atoms with E-state index < -0.39 is 41.5 Å². The highest BCUT2D eigenvalue weighted by Gasteiger charge is 2.36. The lowest BCUT2D eigenvalue weighted by Gasteiger charge is -2.33. The zero-order chi connectivity index (χ0) is 35.3. The lowest BCUT2D eigenvalue weighted by molar-refractivity contribution is -0.274. The average molecular weight is 681 g/mol. The molecular weight excluding hydrogens is 642 g/mol. The van der Waals surface area contributed by atoms with Crippen molar-refractivity contribution in [1.29, 1.82) is 0 Å². The van der Waals surface area contributed by atoms with Gasteiger partial charge in [0.1, 0.15) is 17.2 Å². The molecule has 2 aromatic carbocycles. The molecule has 2 amide bonds. The molecule has 3 aromatic rings. The Kier molecular flexibility index (Phi) is 11.3. The molecule has 0 atom stereocenters. The van der Waals surface area contributed by atoms with Crippen molar-refractivity contribution in [2.24, 2.45) is 5.73 Å². The fraction of sp³-hybridized carbons (Fsp3) is 0.471. The number of carbonyl (C=O) groups excluding carboxylic acids is 2. The smallest absolute Gasteiger partial charge is 0.444 e. The number of ether oxygens (including phenoxy) is 2. The SMILES string of the molecule is CC(C)(C)OC(=O)N1CCC(c2ccc(CCc3ncc(C(F)(F)F)c(CCc4ccccc4CC(N)=O)n3)c(OC(F)(F)F)c2)CC1. The molecule has 1 saturated heterocycles. The summed E-state index contributed by atoms with van der Waals surface area (Å²) in [4.78, 5) is 33.5. The van der Waals surface area contributed by atoms with Crippen LogP contribution in [0.2, 0.25) is 0 Å². The number of nitrogens with two attached hydrogens (primary N) is 1.